The summed E-state index contributed by atoms with van der Waals surface area (Å²) in [5.41, 5.74) is 1.13. The summed E-state index contributed by atoms with van der Waals surface area (Å²) >= 11 is 0. The molecule has 2 amide bonds. The third-order valence-electron chi connectivity index (χ3n) is 4.76. The number of carbonyl (C=O) groups excluding carboxylic acids is 5. The second kappa shape index (κ2) is 9.07. The molecule has 8 heteroatoms. The van der Waals surface area contributed by atoms with Crippen molar-refractivity contribution in [2.45, 2.75) is 18.9 Å². The average Bonchev–Trinajstić information content (AvgIpc) is 2.66. The normalized spacial score (nSPS) is 14.7. The van der Waals surface area contributed by atoms with E-state index >= 15 is 0 Å². The number of nitrogens with zero attached hydrogens (tertiary/aromatic N) is 2. The fourth-order valence-electron chi connectivity index (χ4n) is 3.06. The number of aldehydes is 3. The maximum Gasteiger partial charge on any atom is 0.255 e. The molecular formula is C19H23N3O5. The van der Waals surface area contributed by atoms with Crippen molar-refractivity contribution in [2.24, 2.45) is 5.92 Å². The van der Waals surface area contributed by atoms with Gasteiger partial charge in [-0.25, -0.2) is 0 Å². The van der Waals surface area contributed by atoms with Crippen LogP contribution in [-0.4, -0.2) is 68.8 Å². The van der Waals surface area contributed by atoms with E-state index in [1.54, 1.807) is 18.2 Å². The molecule has 1 heterocycles. The number of carbonyl (C=O) groups is 5. The lowest BCUT2D eigenvalue weighted by Gasteiger charge is -2.38. The van der Waals surface area contributed by atoms with Gasteiger partial charge in [-0.1, -0.05) is 0 Å². The number of anilines is 1. The van der Waals surface area contributed by atoms with Crippen LogP contribution in [0.1, 0.15) is 33.6 Å². The Kier molecular flexibility index (Phi) is 6.81. The summed E-state index contributed by atoms with van der Waals surface area (Å²) in [5.74, 6) is -0.891. The first-order chi connectivity index (χ1) is 13.0. The van der Waals surface area contributed by atoms with Gasteiger partial charge >= 0.3 is 0 Å². The van der Waals surface area contributed by atoms with Gasteiger partial charge in [-0.2, -0.15) is 0 Å². The van der Waals surface area contributed by atoms with Gasteiger partial charge in [0.15, 0.2) is 6.29 Å². The highest BCUT2D eigenvalue weighted by atomic mass is 16.2. The second-order valence-electron chi connectivity index (χ2n) is 6.48. The highest BCUT2D eigenvalue weighted by Gasteiger charge is 2.30. The van der Waals surface area contributed by atoms with Gasteiger partial charge in [0.25, 0.3) is 5.91 Å². The van der Waals surface area contributed by atoms with Crippen molar-refractivity contribution in [3.63, 3.8) is 0 Å². The molecule has 1 saturated heterocycles. The van der Waals surface area contributed by atoms with Gasteiger partial charge in [-0.3, -0.25) is 14.4 Å². The van der Waals surface area contributed by atoms with Crippen molar-refractivity contribution >= 4 is 36.4 Å². The SMILES string of the molecule is CNC(=O)C(CCC=O)N(C)C(=O)c1cc(N2CC(C=O)C2)ccc1C=O. The smallest absolute Gasteiger partial charge is 0.255 e. The number of benzene rings is 1. The molecule has 1 fully saturated rings. The van der Waals surface area contributed by atoms with Crippen molar-refractivity contribution in [2.75, 3.05) is 32.1 Å². The quantitative estimate of drug-likeness (QED) is 0.625. The minimum Gasteiger partial charge on any atom is -0.370 e. The predicted molar refractivity (Wildman–Crippen MR) is 98.8 cm³/mol. The largest absolute Gasteiger partial charge is 0.370 e. The zero-order valence-electron chi connectivity index (χ0n) is 15.4. The molecule has 1 aliphatic rings. The lowest BCUT2D eigenvalue weighted by atomic mass is 9.98. The molecule has 2 rings (SSSR count). The highest BCUT2D eigenvalue weighted by Crippen LogP contribution is 2.26. The molecule has 1 aromatic rings. The van der Waals surface area contributed by atoms with Crippen molar-refractivity contribution < 1.29 is 24.0 Å². The van der Waals surface area contributed by atoms with Crippen LogP contribution in [0.2, 0.25) is 0 Å². The van der Waals surface area contributed by atoms with Crippen LogP contribution in [0.4, 0.5) is 5.69 Å². The van der Waals surface area contributed by atoms with Gasteiger partial charge in [0, 0.05) is 50.8 Å². The Morgan fingerprint density at radius 2 is 2.00 bits per heavy atom. The first-order valence-electron chi connectivity index (χ1n) is 8.68. The Morgan fingerprint density at radius 1 is 1.30 bits per heavy atom. The standard InChI is InChI=1S/C19H23N3O5/c1-20-18(26)17(4-3-7-23)21(2)19(27)16-8-15(6-5-14(16)12-25)22-9-13(10-22)11-24/h5-8,11-13,17H,3-4,9-10H2,1-2H3,(H,20,26). The van der Waals surface area contributed by atoms with E-state index in [1.165, 1.54) is 19.0 Å². The van der Waals surface area contributed by atoms with Gasteiger partial charge in [-0.15, -0.1) is 0 Å². The molecule has 144 valence electrons. The first kappa shape index (κ1) is 20.3. The molecule has 0 saturated carbocycles. The summed E-state index contributed by atoms with van der Waals surface area (Å²) in [5, 5.41) is 2.49. The minimum absolute atomic E-state index is 0.0291. The highest BCUT2D eigenvalue weighted by molar-refractivity contribution is 6.04. The molecular weight excluding hydrogens is 350 g/mol. The number of rotatable bonds is 9. The number of amides is 2. The van der Waals surface area contributed by atoms with E-state index in [-0.39, 0.29) is 35.8 Å². The van der Waals surface area contributed by atoms with Crippen LogP contribution < -0.4 is 10.2 Å². The molecule has 27 heavy (non-hydrogen) atoms. The minimum atomic E-state index is -0.820. The summed E-state index contributed by atoms with van der Waals surface area (Å²) in [6, 6.07) is 4.06. The van der Waals surface area contributed by atoms with Crippen LogP contribution in [0, 0.1) is 5.92 Å². The van der Waals surface area contributed by atoms with Crippen LogP contribution >= 0.6 is 0 Å². The van der Waals surface area contributed by atoms with E-state index < -0.39 is 11.9 Å². The van der Waals surface area contributed by atoms with Gasteiger partial charge in [0.05, 0.1) is 5.56 Å². The Labute approximate surface area is 157 Å². The maximum atomic E-state index is 13.0. The fourth-order valence-corrected chi connectivity index (χ4v) is 3.06. The predicted octanol–water partition coefficient (Wildman–Crippen LogP) is 0.300. The topological polar surface area (TPSA) is 104 Å². The first-order valence-corrected chi connectivity index (χ1v) is 8.68. The molecule has 1 unspecified atom stereocenters. The number of nitrogens with one attached hydrogen (secondary N) is 1. The number of hydrogen-bond donors (Lipinski definition) is 1. The molecule has 1 aliphatic heterocycles. The number of likely N-dealkylation sites (N-methyl/N-ethyl adjacent to an activating group) is 2. The van der Waals surface area contributed by atoms with E-state index in [0.717, 1.165) is 12.0 Å². The van der Waals surface area contributed by atoms with Crippen LogP contribution in [0.5, 0.6) is 0 Å². The van der Waals surface area contributed by atoms with Crippen LogP contribution in [0.3, 0.4) is 0 Å². The molecule has 0 aliphatic carbocycles. The van der Waals surface area contributed by atoms with Gasteiger partial charge < -0.3 is 24.7 Å². The molecule has 1 N–H and O–H groups in total. The third-order valence-corrected chi connectivity index (χ3v) is 4.76. The van der Waals surface area contributed by atoms with Gasteiger partial charge in [0.1, 0.15) is 18.6 Å². The zero-order chi connectivity index (χ0) is 20.0. The molecule has 0 radical (unpaired) electrons. The Bertz CT molecular complexity index is 743. The summed E-state index contributed by atoms with van der Waals surface area (Å²) in [7, 11) is 2.93. The third kappa shape index (κ3) is 4.39. The molecule has 0 spiro atoms. The van der Waals surface area contributed by atoms with Crippen molar-refractivity contribution in [1.29, 1.82) is 0 Å². The molecule has 1 atom stereocenters. The maximum absolute atomic E-state index is 13.0. The lowest BCUT2D eigenvalue weighted by molar-refractivity contribution is -0.125. The molecule has 8 nitrogen and oxygen atoms in total. The summed E-state index contributed by atoms with van der Waals surface area (Å²) in [6.07, 6.45) is 2.51. The molecule has 0 aromatic heterocycles. The molecule has 0 bridgehead atoms. The van der Waals surface area contributed by atoms with Crippen molar-refractivity contribution in [3.8, 4) is 0 Å². The fraction of sp³-hybridized carbons (Fsp3) is 0.421. The number of hydrogen-bond acceptors (Lipinski definition) is 6. The second-order valence-corrected chi connectivity index (χ2v) is 6.48. The van der Waals surface area contributed by atoms with Gasteiger partial charge in [0.2, 0.25) is 5.91 Å². The Morgan fingerprint density at radius 3 is 2.56 bits per heavy atom. The van der Waals surface area contributed by atoms with Crippen LogP contribution in [0.15, 0.2) is 18.2 Å². The summed E-state index contributed by atoms with van der Waals surface area (Å²) in [6.45, 7) is 1.13. The van der Waals surface area contributed by atoms with E-state index in [2.05, 4.69) is 5.32 Å². The van der Waals surface area contributed by atoms with E-state index in [1.807, 2.05) is 4.90 Å². The van der Waals surface area contributed by atoms with Gasteiger partial charge in [-0.05, 0) is 24.6 Å². The Hall–Kier alpha value is -3.03. The zero-order valence-corrected chi connectivity index (χ0v) is 15.4. The summed E-state index contributed by atoms with van der Waals surface area (Å²) in [4.78, 5) is 61.1. The monoisotopic (exact) mass is 373 g/mol. The summed E-state index contributed by atoms with van der Waals surface area (Å²) < 4.78 is 0. The van der Waals surface area contributed by atoms with E-state index in [9.17, 15) is 24.0 Å². The van der Waals surface area contributed by atoms with Crippen LogP contribution in [-0.2, 0) is 14.4 Å². The van der Waals surface area contributed by atoms with Crippen molar-refractivity contribution in [3.05, 3.63) is 29.3 Å². The molecule has 1 aromatic carbocycles. The van der Waals surface area contributed by atoms with Crippen molar-refractivity contribution in [1.82, 2.24) is 10.2 Å². The Balaban J connectivity index is 2.29. The lowest BCUT2D eigenvalue weighted by Crippen LogP contribution is -2.48. The van der Waals surface area contributed by atoms with Crippen LogP contribution in [0.25, 0.3) is 0 Å². The average molecular weight is 373 g/mol. The van der Waals surface area contributed by atoms with E-state index in [4.69, 9.17) is 0 Å². The van der Waals surface area contributed by atoms with E-state index in [0.29, 0.717) is 25.7 Å².